The molecule has 4 nitrogen and oxygen atoms in total. The fourth-order valence-electron chi connectivity index (χ4n) is 1.33. The van der Waals surface area contributed by atoms with E-state index in [1.165, 1.54) is 12.5 Å². The van der Waals surface area contributed by atoms with E-state index in [1.807, 2.05) is 11.4 Å². The van der Waals surface area contributed by atoms with E-state index in [9.17, 15) is 9.59 Å². The van der Waals surface area contributed by atoms with E-state index in [4.69, 9.17) is 0 Å². The van der Waals surface area contributed by atoms with Crippen molar-refractivity contribution < 1.29 is 9.59 Å². The van der Waals surface area contributed by atoms with Gasteiger partial charge in [-0.25, -0.2) is 0 Å². The molecular weight excluding hydrogens is 256 g/mol. The van der Waals surface area contributed by atoms with Crippen LogP contribution in [0.25, 0.3) is 0 Å². The highest BCUT2D eigenvalue weighted by Crippen LogP contribution is 2.05. The maximum atomic E-state index is 11.7. The van der Waals surface area contributed by atoms with Crippen LogP contribution in [-0.2, 0) is 16.0 Å². The second-order valence-electron chi connectivity index (χ2n) is 3.61. The Labute approximate surface area is 110 Å². The normalized spacial score (nSPS) is 11.9. The van der Waals surface area contributed by atoms with Gasteiger partial charge in [-0.15, -0.1) is 0 Å². The number of rotatable bonds is 6. The molecule has 0 aromatic carbocycles. The Morgan fingerprint density at radius 2 is 2.29 bits per heavy atom. The van der Waals surface area contributed by atoms with Crippen LogP contribution in [0.5, 0.6) is 0 Å². The van der Waals surface area contributed by atoms with Crippen molar-refractivity contribution in [1.29, 1.82) is 0 Å². The van der Waals surface area contributed by atoms with Gasteiger partial charge < -0.3 is 10.6 Å². The van der Waals surface area contributed by atoms with Gasteiger partial charge in [0.05, 0.1) is 0 Å². The molecule has 0 aliphatic carbocycles. The molecule has 2 amide bonds. The summed E-state index contributed by atoms with van der Waals surface area (Å²) in [4.78, 5) is 22.5. The van der Waals surface area contributed by atoms with Gasteiger partial charge in [-0.05, 0) is 28.8 Å². The summed E-state index contributed by atoms with van der Waals surface area (Å²) in [6, 6.07) is 1.47. The fraction of sp³-hybridized carbons (Fsp3) is 0.455. The Bertz CT molecular complexity index is 366. The molecule has 0 fully saturated rings. The first-order chi connectivity index (χ1) is 8.13. The minimum atomic E-state index is -0.557. The van der Waals surface area contributed by atoms with E-state index < -0.39 is 6.04 Å². The lowest BCUT2D eigenvalue weighted by Gasteiger charge is -2.14. The zero-order valence-corrected chi connectivity index (χ0v) is 11.3. The number of thiol groups is 1. The van der Waals surface area contributed by atoms with E-state index in [-0.39, 0.29) is 11.8 Å². The number of hydrogen-bond acceptors (Lipinski definition) is 4. The van der Waals surface area contributed by atoms with Gasteiger partial charge in [-0.1, -0.05) is 0 Å². The predicted octanol–water partition coefficient (Wildman–Crippen LogP) is 0.841. The van der Waals surface area contributed by atoms with Crippen LogP contribution in [0.3, 0.4) is 0 Å². The Balaban J connectivity index is 2.29. The number of carbonyl (C=O) groups is 2. The Morgan fingerprint density at radius 1 is 1.53 bits per heavy atom. The third-order valence-electron chi connectivity index (χ3n) is 2.17. The summed E-state index contributed by atoms with van der Waals surface area (Å²) in [6.07, 6.45) is 0.800. The Morgan fingerprint density at radius 3 is 2.82 bits per heavy atom. The summed E-state index contributed by atoms with van der Waals surface area (Å²) in [5.41, 5.74) is 1.21. The average molecular weight is 272 g/mol. The second-order valence-corrected chi connectivity index (χ2v) is 4.75. The van der Waals surface area contributed by atoms with Gasteiger partial charge >= 0.3 is 0 Å². The maximum Gasteiger partial charge on any atom is 0.243 e. The maximum absolute atomic E-state index is 11.7. The van der Waals surface area contributed by atoms with Crippen LogP contribution < -0.4 is 10.6 Å². The van der Waals surface area contributed by atoms with Crippen LogP contribution in [0.2, 0.25) is 0 Å². The lowest BCUT2D eigenvalue weighted by Crippen LogP contribution is -2.47. The largest absolute Gasteiger partial charge is 0.354 e. The van der Waals surface area contributed by atoms with E-state index in [0.717, 1.165) is 6.42 Å². The molecule has 0 bridgehead atoms. The van der Waals surface area contributed by atoms with Gasteiger partial charge in [0, 0.05) is 19.2 Å². The summed E-state index contributed by atoms with van der Waals surface area (Å²) in [5, 5.41) is 9.38. The molecule has 94 valence electrons. The molecule has 0 radical (unpaired) electrons. The average Bonchev–Trinajstić information content (AvgIpc) is 2.78. The van der Waals surface area contributed by atoms with Crippen LogP contribution >= 0.6 is 24.0 Å². The summed E-state index contributed by atoms with van der Waals surface area (Å²) in [5.74, 6) is -0.119. The van der Waals surface area contributed by atoms with E-state index in [0.29, 0.717) is 12.3 Å². The van der Waals surface area contributed by atoms with Crippen molar-refractivity contribution in [2.24, 2.45) is 0 Å². The topological polar surface area (TPSA) is 58.2 Å². The van der Waals surface area contributed by atoms with Gasteiger partial charge in [0.2, 0.25) is 11.8 Å². The minimum Gasteiger partial charge on any atom is -0.354 e. The van der Waals surface area contributed by atoms with Gasteiger partial charge in [0.15, 0.2) is 0 Å². The van der Waals surface area contributed by atoms with Crippen LogP contribution in [0.4, 0.5) is 0 Å². The molecule has 0 saturated heterocycles. The molecule has 1 atom stereocenters. The summed E-state index contributed by atoms with van der Waals surface area (Å²) < 4.78 is 0. The van der Waals surface area contributed by atoms with Crippen molar-refractivity contribution in [3.05, 3.63) is 22.4 Å². The van der Waals surface area contributed by atoms with E-state index in [2.05, 4.69) is 28.6 Å². The molecular formula is C11H16N2O2S2. The molecule has 1 aromatic heterocycles. The highest BCUT2D eigenvalue weighted by Gasteiger charge is 2.16. The summed E-state index contributed by atoms with van der Waals surface area (Å²) in [6.45, 7) is 1.95. The third-order valence-corrected chi connectivity index (χ3v) is 3.27. The van der Waals surface area contributed by atoms with Crippen molar-refractivity contribution in [3.8, 4) is 0 Å². The minimum absolute atomic E-state index is 0.189. The van der Waals surface area contributed by atoms with Crippen molar-refractivity contribution >= 4 is 35.8 Å². The highest BCUT2D eigenvalue weighted by molar-refractivity contribution is 7.80. The Kier molecular flexibility index (Phi) is 6.07. The van der Waals surface area contributed by atoms with Gasteiger partial charge in [-0.2, -0.15) is 24.0 Å². The van der Waals surface area contributed by atoms with Crippen LogP contribution in [0, 0.1) is 0 Å². The predicted molar refractivity (Wildman–Crippen MR) is 72.5 cm³/mol. The summed E-state index contributed by atoms with van der Waals surface area (Å²) in [7, 11) is 0. The van der Waals surface area contributed by atoms with Crippen LogP contribution in [-0.4, -0.2) is 30.2 Å². The second kappa shape index (κ2) is 7.34. The van der Waals surface area contributed by atoms with Crippen LogP contribution in [0.1, 0.15) is 12.5 Å². The quantitative estimate of drug-likeness (QED) is 0.672. The molecule has 0 aliphatic heterocycles. The molecule has 0 spiro atoms. The van der Waals surface area contributed by atoms with Crippen molar-refractivity contribution in [2.75, 3.05) is 12.3 Å². The third kappa shape index (κ3) is 5.23. The lowest BCUT2D eigenvalue weighted by molar-refractivity contribution is -0.127. The standard InChI is InChI=1S/C11H16N2O2S2/c1-8(14)13-10(6-16)11(15)12-4-2-9-3-5-17-7-9/h3,5,7,10,16H,2,4,6H2,1H3,(H,12,15)(H,13,14). The smallest absolute Gasteiger partial charge is 0.243 e. The van der Waals surface area contributed by atoms with Crippen molar-refractivity contribution in [3.63, 3.8) is 0 Å². The first-order valence-corrected chi connectivity index (χ1v) is 6.87. The van der Waals surface area contributed by atoms with Gasteiger partial charge in [-0.3, -0.25) is 9.59 Å². The molecule has 6 heteroatoms. The van der Waals surface area contributed by atoms with Crippen molar-refractivity contribution in [2.45, 2.75) is 19.4 Å². The molecule has 0 saturated carbocycles. The van der Waals surface area contributed by atoms with E-state index in [1.54, 1.807) is 11.3 Å². The van der Waals surface area contributed by atoms with E-state index >= 15 is 0 Å². The molecule has 1 aromatic rings. The zero-order chi connectivity index (χ0) is 12.7. The monoisotopic (exact) mass is 272 g/mol. The SMILES string of the molecule is CC(=O)NC(CS)C(=O)NCCc1ccsc1. The van der Waals surface area contributed by atoms with Gasteiger partial charge in [0.1, 0.15) is 6.04 Å². The molecule has 1 rings (SSSR count). The number of carbonyl (C=O) groups excluding carboxylic acids is 2. The van der Waals surface area contributed by atoms with Crippen molar-refractivity contribution in [1.82, 2.24) is 10.6 Å². The lowest BCUT2D eigenvalue weighted by atomic mass is 10.2. The zero-order valence-electron chi connectivity index (χ0n) is 9.60. The molecule has 1 heterocycles. The Hall–Kier alpha value is -1.01. The first kappa shape index (κ1) is 14.1. The fourth-order valence-corrected chi connectivity index (χ4v) is 2.29. The number of amides is 2. The number of nitrogens with one attached hydrogen (secondary N) is 2. The molecule has 1 unspecified atom stereocenters. The highest BCUT2D eigenvalue weighted by atomic mass is 32.1. The molecule has 0 aliphatic rings. The summed E-state index contributed by atoms with van der Waals surface area (Å²) >= 11 is 5.67. The molecule has 17 heavy (non-hydrogen) atoms. The number of thiophene rings is 1. The number of hydrogen-bond donors (Lipinski definition) is 3. The van der Waals surface area contributed by atoms with Gasteiger partial charge in [0.25, 0.3) is 0 Å². The molecule has 2 N–H and O–H groups in total. The van der Waals surface area contributed by atoms with Crippen LogP contribution in [0.15, 0.2) is 16.8 Å². The first-order valence-electron chi connectivity index (χ1n) is 5.30.